The molecular weight excluding hydrogens is 240 g/mol. The van der Waals surface area contributed by atoms with E-state index in [1.165, 1.54) is 0 Å². The quantitative estimate of drug-likeness (QED) is 0.783. The van der Waals surface area contributed by atoms with E-state index in [0.717, 1.165) is 10.6 Å². The molecule has 4 nitrogen and oxygen atoms in total. The summed E-state index contributed by atoms with van der Waals surface area (Å²) in [5.41, 5.74) is 0. The first kappa shape index (κ1) is 11.9. The monoisotopic (exact) mass is 252 g/mol. The van der Waals surface area contributed by atoms with Gasteiger partial charge in [0.15, 0.2) is 5.76 Å². The Bertz CT molecular complexity index is 538. The molecule has 5 heteroatoms. The predicted octanol–water partition coefficient (Wildman–Crippen LogP) is 2.84. The Kier molecular flexibility index (Phi) is 3.58. The molecule has 1 aromatic carbocycles. The number of aryl methyl sites for hydroxylation is 1. The number of ether oxygens (including phenoxy) is 1. The van der Waals surface area contributed by atoms with E-state index in [2.05, 4.69) is 0 Å². The predicted molar refractivity (Wildman–Crippen MR) is 64.5 cm³/mol. The zero-order valence-corrected chi connectivity index (χ0v) is 10.4. The minimum atomic E-state index is -0.646. The molecule has 0 amide bonds. The van der Waals surface area contributed by atoms with Crippen molar-refractivity contribution in [3.63, 3.8) is 0 Å². The molecule has 0 saturated carbocycles. The second-order valence-electron chi connectivity index (χ2n) is 3.40. The maximum atomic E-state index is 10.8. The Morgan fingerprint density at radius 1 is 1.24 bits per heavy atom. The molecule has 0 fully saturated rings. The average Bonchev–Trinajstić information content (AvgIpc) is 2.66. The van der Waals surface area contributed by atoms with Gasteiger partial charge in [0.25, 0.3) is 0 Å². The van der Waals surface area contributed by atoms with E-state index in [0.29, 0.717) is 17.3 Å². The molecule has 17 heavy (non-hydrogen) atoms. The molecule has 0 aliphatic rings. The third kappa shape index (κ3) is 2.94. The van der Waals surface area contributed by atoms with Gasteiger partial charge in [0.05, 0.1) is 12.9 Å². The lowest BCUT2D eigenvalue weighted by atomic mass is 10.3. The van der Waals surface area contributed by atoms with Gasteiger partial charge in [-0.25, -0.2) is 4.79 Å². The maximum Gasteiger partial charge on any atom is 0.519 e. The zero-order valence-electron chi connectivity index (χ0n) is 9.56. The van der Waals surface area contributed by atoms with Crippen LogP contribution in [0.25, 0.3) is 0 Å². The number of rotatable bonds is 4. The van der Waals surface area contributed by atoms with Crippen molar-refractivity contribution in [3.8, 4) is 5.75 Å². The summed E-state index contributed by atoms with van der Waals surface area (Å²) in [6.07, 6.45) is 0. The number of benzene rings is 1. The van der Waals surface area contributed by atoms with Gasteiger partial charge in [0.1, 0.15) is 11.5 Å². The van der Waals surface area contributed by atoms with Crippen molar-refractivity contribution in [2.24, 2.45) is 0 Å². The van der Waals surface area contributed by atoms with Gasteiger partial charge in [0, 0.05) is 4.90 Å². The minimum Gasteiger partial charge on any atom is -0.497 e. The summed E-state index contributed by atoms with van der Waals surface area (Å²) < 4.78 is 14.8. The first-order valence-corrected chi connectivity index (χ1v) is 6.04. The molecule has 0 N–H and O–H groups in total. The van der Waals surface area contributed by atoms with Crippen LogP contribution in [0.1, 0.15) is 11.5 Å². The Balaban J connectivity index is 2.02. The van der Waals surface area contributed by atoms with Gasteiger partial charge in [0.2, 0.25) is 0 Å². The van der Waals surface area contributed by atoms with E-state index < -0.39 is 5.82 Å². The molecule has 0 atom stereocenters. The van der Waals surface area contributed by atoms with Gasteiger partial charge < -0.3 is 13.6 Å². The van der Waals surface area contributed by atoms with Crippen LogP contribution in [0.15, 0.2) is 42.8 Å². The lowest BCUT2D eigenvalue weighted by molar-refractivity contribution is 0.372. The molecular formula is C12H12O4S. The Morgan fingerprint density at radius 2 is 1.94 bits per heavy atom. The Morgan fingerprint density at radius 3 is 2.47 bits per heavy atom. The van der Waals surface area contributed by atoms with Crippen LogP contribution in [0.5, 0.6) is 5.75 Å². The first-order chi connectivity index (χ1) is 8.19. The first-order valence-electron chi connectivity index (χ1n) is 5.05. The molecule has 0 aliphatic carbocycles. The number of methoxy groups -OCH3 is 1. The van der Waals surface area contributed by atoms with Gasteiger partial charge in [-0.2, -0.15) is 0 Å². The highest BCUT2D eigenvalue weighted by Gasteiger charge is 2.08. The lowest BCUT2D eigenvalue weighted by Crippen LogP contribution is -1.86. The van der Waals surface area contributed by atoms with Crippen LogP contribution in [-0.4, -0.2) is 7.11 Å². The smallest absolute Gasteiger partial charge is 0.497 e. The molecule has 1 aromatic heterocycles. The summed E-state index contributed by atoms with van der Waals surface area (Å²) in [4.78, 5) is 11.9. The molecule has 2 rings (SSSR count). The van der Waals surface area contributed by atoms with Gasteiger partial charge in [-0.1, -0.05) is 0 Å². The molecule has 0 unspecified atom stereocenters. The van der Waals surface area contributed by atoms with E-state index >= 15 is 0 Å². The van der Waals surface area contributed by atoms with Crippen LogP contribution in [0.2, 0.25) is 0 Å². The Hall–Kier alpha value is -1.62. The normalized spacial score (nSPS) is 10.5. The fraction of sp³-hybridized carbons (Fsp3) is 0.250. The standard InChI is InChI=1S/C12H12O4S/c1-8-11(16-12(13)15-8)7-17-10-5-3-9(14-2)4-6-10/h3-6H,7H2,1-2H3. The second-order valence-corrected chi connectivity index (χ2v) is 4.45. The summed E-state index contributed by atoms with van der Waals surface area (Å²) in [7, 11) is 1.63. The second kappa shape index (κ2) is 5.14. The summed E-state index contributed by atoms with van der Waals surface area (Å²) >= 11 is 1.57. The van der Waals surface area contributed by atoms with Crippen LogP contribution in [0, 0.1) is 6.92 Å². The van der Waals surface area contributed by atoms with Crippen LogP contribution in [0.4, 0.5) is 0 Å². The van der Waals surface area contributed by atoms with Crippen molar-refractivity contribution in [3.05, 3.63) is 46.4 Å². The molecule has 1 heterocycles. The summed E-state index contributed by atoms with van der Waals surface area (Å²) in [5, 5.41) is 0. The highest BCUT2D eigenvalue weighted by Crippen LogP contribution is 2.25. The molecule has 2 aromatic rings. The molecule has 90 valence electrons. The van der Waals surface area contributed by atoms with Crippen molar-refractivity contribution < 1.29 is 13.6 Å². The van der Waals surface area contributed by atoms with Crippen LogP contribution in [-0.2, 0) is 5.75 Å². The van der Waals surface area contributed by atoms with Gasteiger partial charge in [-0.05, 0) is 31.2 Å². The largest absolute Gasteiger partial charge is 0.519 e. The van der Waals surface area contributed by atoms with Gasteiger partial charge in [-0.3, -0.25) is 0 Å². The highest BCUT2D eigenvalue weighted by atomic mass is 32.2. The molecule has 0 radical (unpaired) electrons. The summed E-state index contributed by atoms with van der Waals surface area (Å²) in [6, 6.07) is 7.69. The number of hydrogen-bond donors (Lipinski definition) is 0. The Labute approximate surface area is 103 Å². The van der Waals surface area contributed by atoms with Crippen LogP contribution < -0.4 is 10.6 Å². The van der Waals surface area contributed by atoms with E-state index in [9.17, 15) is 4.79 Å². The highest BCUT2D eigenvalue weighted by molar-refractivity contribution is 7.98. The fourth-order valence-corrected chi connectivity index (χ4v) is 2.22. The minimum absolute atomic E-state index is 0.538. The third-order valence-electron chi connectivity index (χ3n) is 2.26. The van der Waals surface area contributed by atoms with Gasteiger partial charge >= 0.3 is 5.82 Å². The van der Waals surface area contributed by atoms with Crippen molar-refractivity contribution in [1.29, 1.82) is 0 Å². The topological polar surface area (TPSA) is 52.6 Å². The van der Waals surface area contributed by atoms with Crippen molar-refractivity contribution in [2.75, 3.05) is 7.11 Å². The summed E-state index contributed by atoms with van der Waals surface area (Å²) in [6.45, 7) is 1.72. The van der Waals surface area contributed by atoms with Crippen molar-refractivity contribution >= 4 is 11.8 Å². The molecule has 0 aliphatic heterocycles. The van der Waals surface area contributed by atoms with Crippen LogP contribution >= 0.6 is 11.8 Å². The average molecular weight is 252 g/mol. The van der Waals surface area contributed by atoms with Crippen molar-refractivity contribution in [2.45, 2.75) is 17.6 Å². The molecule has 0 bridgehead atoms. The molecule has 0 saturated heterocycles. The molecule has 0 spiro atoms. The third-order valence-corrected chi connectivity index (χ3v) is 3.28. The fourth-order valence-electron chi connectivity index (χ4n) is 1.33. The van der Waals surface area contributed by atoms with Crippen molar-refractivity contribution in [1.82, 2.24) is 0 Å². The zero-order chi connectivity index (χ0) is 12.3. The SMILES string of the molecule is COc1ccc(SCc2oc(=O)oc2C)cc1. The summed E-state index contributed by atoms with van der Waals surface area (Å²) in [5.74, 6) is 1.87. The maximum absolute atomic E-state index is 10.8. The number of thioether (sulfide) groups is 1. The van der Waals surface area contributed by atoms with E-state index in [-0.39, 0.29) is 0 Å². The number of hydrogen-bond acceptors (Lipinski definition) is 5. The van der Waals surface area contributed by atoms with E-state index in [1.54, 1.807) is 25.8 Å². The van der Waals surface area contributed by atoms with Crippen LogP contribution in [0.3, 0.4) is 0 Å². The van der Waals surface area contributed by atoms with Gasteiger partial charge in [-0.15, -0.1) is 11.8 Å². The lowest BCUT2D eigenvalue weighted by Gasteiger charge is -2.01. The van der Waals surface area contributed by atoms with E-state index in [1.807, 2.05) is 24.3 Å². The van der Waals surface area contributed by atoms with E-state index in [4.69, 9.17) is 13.6 Å².